The third-order valence-corrected chi connectivity index (χ3v) is 4.25. The first-order valence-corrected chi connectivity index (χ1v) is 5.99. The van der Waals surface area contributed by atoms with Crippen LogP contribution in [0, 0.1) is 0 Å². The molecular weight excluding hydrogens is 280 g/mol. The molecular formula is C10H10Br2. The third kappa shape index (κ3) is 1.47. The smallest absolute Gasteiger partial charge is 0.0399 e. The van der Waals surface area contributed by atoms with E-state index in [1.54, 1.807) is 0 Å². The predicted molar refractivity (Wildman–Crippen MR) is 59.0 cm³/mol. The molecule has 0 saturated heterocycles. The average Bonchev–Trinajstić information content (AvgIpc) is 2.12. The highest BCUT2D eigenvalue weighted by atomic mass is 79.9. The Morgan fingerprint density at radius 2 is 1.33 bits per heavy atom. The van der Waals surface area contributed by atoms with Gasteiger partial charge < -0.3 is 0 Å². The van der Waals surface area contributed by atoms with Crippen molar-refractivity contribution in [3.63, 3.8) is 0 Å². The van der Waals surface area contributed by atoms with Gasteiger partial charge in [-0.05, 0) is 24.0 Å². The fourth-order valence-corrected chi connectivity index (χ4v) is 3.05. The van der Waals surface area contributed by atoms with Crippen LogP contribution in [-0.4, -0.2) is 0 Å². The summed E-state index contributed by atoms with van der Waals surface area (Å²) in [6.07, 6.45) is 2.46. The number of rotatable bonds is 0. The minimum absolute atomic E-state index is 0.558. The van der Waals surface area contributed by atoms with Crippen molar-refractivity contribution in [3.8, 4) is 0 Å². The SMILES string of the molecule is BrC1CCC(Br)c2ccccc21. The second-order valence-corrected chi connectivity index (χ2v) is 5.35. The minimum atomic E-state index is 0.558. The molecule has 1 aromatic carbocycles. The van der Waals surface area contributed by atoms with Gasteiger partial charge in [0.25, 0.3) is 0 Å². The van der Waals surface area contributed by atoms with Crippen molar-refractivity contribution < 1.29 is 0 Å². The van der Waals surface area contributed by atoms with Crippen LogP contribution in [0.1, 0.15) is 33.6 Å². The molecule has 12 heavy (non-hydrogen) atoms. The van der Waals surface area contributed by atoms with Gasteiger partial charge in [0.05, 0.1) is 0 Å². The van der Waals surface area contributed by atoms with Crippen LogP contribution in [0.2, 0.25) is 0 Å². The Bertz CT molecular complexity index is 254. The molecule has 2 heteroatoms. The fraction of sp³-hybridized carbons (Fsp3) is 0.400. The molecule has 0 aromatic heterocycles. The van der Waals surface area contributed by atoms with Crippen LogP contribution < -0.4 is 0 Å². The number of alkyl halides is 2. The number of fused-ring (bicyclic) bond motifs is 1. The van der Waals surface area contributed by atoms with Gasteiger partial charge in [-0.2, -0.15) is 0 Å². The van der Waals surface area contributed by atoms with Crippen LogP contribution in [0.4, 0.5) is 0 Å². The van der Waals surface area contributed by atoms with E-state index in [9.17, 15) is 0 Å². The summed E-state index contributed by atoms with van der Waals surface area (Å²) in [5.74, 6) is 0. The number of halogens is 2. The van der Waals surface area contributed by atoms with Gasteiger partial charge in [-0.3, -0.25) is 0 Å². The summed E-state index contributed by atoms with van der Waals surface area (Å²) in [4.78, 5) is 1.12. The highest BCUT2D eigenvalue weighted by Gasteiger charge is 2.22. The summed E-state index contributed by atoms with van der Waals surface area (Å²) in [7, 11) is 0. The molecule has 0 nitrogen and oxygen atoms in total. The molecule has 0 bridgehead atoms. The van der Waals surface area contributed by atoms with E-state index in [-0.39, 0.29) is 0 Å². The Hall–Kier alpha value is 0.180. The zero-order chi connectivity index (χ0) is 8.55. The fourth-order valence-electron chi connectivity index (χ4n) is 1.69. The summed E-state index contributed by atoms with van der Waals surface area (Å²) in [6.45, 7) is 0. The van der Waals surface area contributed by atoms with Crippen LogP contribution in [0.5, 0.6) is 0 Å². The lowest BCUT2D eigenvalue weighted by Gasteiger charge is -2.24. The van der Waals surface area contributed by atoms with E-state index >= 15 is 0 Å². The molecule has 1 aliphatic rings. The lowest BCUT2D eigenvalue weighted by molar-refractivity contribution is 0.676. The van der Waals surface area contributed by atoms with Crippen molar-refractivity contribution >= 4 is 31.9 Å². The summed E-state index contributed by atoms with van der Waals surface area (Å²) in [5, 5.41) is 0. The van der Waals surface area contributed by atoms with Gasteiger partial charge in [-0.25, -0.2) is 0 Å². The Kier molecular flexibility index (Phi) is 2.56. The molecule has 2 unspecified atom stereocenters. The van der Waals surface area contributed by atoms with Crippen LogP contribution in [0.15, 0.2) is 24.3 Å². The van der Waals surface area contributed by atoms with Crippen molar-refractivity contribution in [2.24, 2.45) is 0 Å². The summed E-state index contributed by atoms with van der Waals surface area (Å²) < 4.78 is 0. The molecule has 0 aliphatic heterocycles. The van der Waals surface area contributed by atoms with E-state index < -0.39 is 0 Å². The molecule has 0 N–H and O–H groups in total. The van der Waals surface area contributed by atoms with Crippen LogP contribution in [0.25, 0.3) is 0 Å². The first-order chi connectivity index (χ1) is 5.79. The van der Waals surface area contributed by atoms with E-state index in [2.05, 4.69) is 56.1 Å². The maximum absolute atomic E-state index is 3.69. The first kappa shape index (κ1) is 8.76. The predicted octanol–water partition coefficient (Wildman–Crippen LogP) is 4.35. The van der Waals surface area contributed by atoms with Crippen molar-refractivity contribution in [3.05, 3.63) is 35.4 Å². The van der Waals surface area contributed by atoms with Crippen molar-refractivity contribution in [1.82, 2.24) is 0 Å². The van der Waals surface area contributed by atoms with E-state index in [1.165, 1.54) is 24.0 Å². The molecule has 2 atom stereocenters. The van der Waals surface area contributed by atoms with Crippen LogP contribution >= 0.6 is 31.9 Å². The van der Waals surface area contributed by atoms with E-state index in [0.717, 1.165) is 0 Å². The monoisotopic (exact) mass is 288 g/mol. The summed E-state index contributed by atoms with van der Waals surface area (Å²) in [5.41, 5.74) is 2.90. The second-order valence-electron chi connectivity index (χ2n) is 3.14. The minimum Gasteiger partial charge on any atom is -0.0839 e. The molecule has 64 valence electrons. The maximum Gasteiger partial charge on any atom is 0.0399 e. The molecule has 0 fully saturated rings. The van der Waals surface area contributed by atoms with Gasteiger partial charge >= 0.3 is 0 Å². The zero-order valence-corrected chi connectivity index (χ0v) is 9.81. The summed E-state index contributed by atoms with van der Waals surface area (Å²) in [6, 6.07) is 8.64. The lowest BCUT2D eigenvalue weighted by Crippen LogP contribution is -2.06. The van der Waals surface area contributed by atoms with E-state index in [1.807, 2.05) is 0 Å². The Morgan fingerprint density at radius 1 is 0.917 bits per heavy atom. The Morgan fingerprint density at radius 3 is 1.75 bits per heavy atom. The number of benzene rings is 1. The molecule has 1 aromatic rings. The lowest BCUT2D eigenvalue weighted by atomic mass is 9.92. The van der Waals surface area contributed by atoms with Crippen molar-refractivity contribution in [2.45, 2.75) is 22.5 Å². The highest BCUT2D eigenvalue weighted by molar-refractivity contribution is 9.09. The number of hydrogen-bond acceptors (Lipinski definition) is 0. The molecule has 1 aliphatic carbocycles. The molecule has 2 rings (SSSR count). The van der Waals surface area contributed by atoms with Crippen LogP contribution in [-0.2, 0) is 0 Å². The highest BCUT2D eigenvalue weighted by Crippen LogP contribution is 2.44. The quantitative estimate of drug-likeness (QED) is 0.623. The largest absolute Gasteiger partial charge is 0.0839 e. The molecule has 0 amide bonds. The van der Waals surface area contributed by atoms with Crippen LogP contribution in [0.3, 0.4) is 0 Å². The Balaban J connectivity index is 2.47. The summed E-state index contributed by atoms with van der Waals surface area (Å²) >= 11 is 7.39. The molecule has 0 radical (unpaired) electrons. The first-order valence-electron chi connectivity index (χ1n) is 4.16. The molecule has 0 saturated carbocycles. The van der Waals surface area contributed by atoms with Gasteiger partial charge in [-0.15, -0.1) is 0 Å². The van der Waals surface area contributed by atoms with Gasteiger partial charge in [0.2, 0.25) is 0 Å². The average molecular weight is 290 g/mol. The standard InChI is InChI=1S/C10H10Br2/c11-9-5-6-10(12)8-4-2-1-3-7(8)9/h1-4,9-10H,5-6H2. The zero-order valence-electron chi connectivity index (χ0n) is 6.63. The van der Waals surface area contributed by atoms with Gasteiger partial charge in [0.1, 0.15) is 0 Å². The van der Waals surface area contributed by atoms with Gasteiger partial charge in [0, 0.05) is 9.65 Å². The van der Waals surface area contributed by atoms with Crippen molar-refractivity contribution in [2.75, 3.05) is 0 Å². The van der Waals surface area contributed by atoms with E-state index in [0.29, 0.717) is 9.65 Å². The maximum atomic E-state index is 3.69. The van der Waals surface area contributed by atoms with Crippen molar-refractivity contribution in [1.29, 1.82) is 0 Å². The third-order valence-electron chi connectivity index (χ3n) is 2.34. The van der Waals surface area contributed by atoms with Gasteiger partial charge in [-0.1, -0.05) is 56.1 Å². The Labute approximate surface area is 89.6 Å². The molecule has 0 spiro atoms. The van der Waals surface area contributed by atoms with E-state index in [4.69, 9.17) is 0 Å². The number of hydrogen-bond donors (Lipinski definition) is 0. The molecule has 0 heterocycles. The normalized spacial score (nSPS) is 28.2. The second kappa shape index (κ2) is 3.51. The van der Waals surface area contributed by atoms with Gasteiger partial charge in [0.15, 0.2) is 0 Å². The topological polar surface area (TPSA) is 0 Å².